The number of nitrogens with one attached hydrogen (secondary N) is 1. The van der Waals surface area contributed by atoms with Crippen LogP contribution in [0.15, 0.2) is 0 Å². The second-order valence-electron chi connectivity index (χ2n) is 6.43. The van der Waals surface area contributed by atoms with Gasteiger partial charge in [0.1, 0.15) is 0 Å². The van der Waals surface area contributed by atoms with Crippen LogP contribution in [-0.4, -0.2) is 46.9 Å². The van der Waals surface area contributed by atoms with Gasteiger partial charge in [0.25, 0.3) is 0 Å². The molecule has 0 spiro atoms. The number of carbonyl (C=O) groups is 3. The third-order valence-electron chi connectivity index (χ3n) is 4.65. The molecule has 1 saturated heterocycles. The fourth-order valence-electron chi connectivity index (χ4n) is 3.60. The van der Waals surface area contributed by atoms with Crippen LogP contribution >= 0.6 is 0 Å². The molecular formula is C15H24N2O4. The fraction of sp³-hybridized carbons (Fsp3) is 0.800. The van der Waals surface area contributed by atoms with E-state index in [-0.39, 0.29) is 29.7 Å². The molecule has 6 nitrogen and oxygen atoms in total. The molecule has 6 heteroatoms. The quantitative estimate of drug-likeness (QED) is 0.808. The molecule has 2 rings (SSSR count). The fourth-order valence-corrected chi connectivity index (χ4v) is 3.60. The van der Waals surface area contributed by atoms with Gasteiger partial charge in [0.15, 0.2) is 0 Å². The number of aliphatic carboxylic acids is 1. The number of likely N-dealkylation sites (tertiary alicyclic amines) is 1. The predicted octanol–water partition coefficient (Wildman–Crippen LogP) is 0.860. The summed E-state index contributed by atoms with van der Waals surface area (Å²) in [5, 5.41) is 12.1. The number of amides is 2. The molecule has 1 unspecified atom stereocenters. The van der Waals surface area contributed by atoms with E-state index in [2.05, 4.69) is 5.32 Å². The van der Waals surface area contributed by atoms with Crippen molar-refractivity contribution in [3.8, 4) is 0 Å². The predicted molar refractivity (Wildman–Crippen MR) is 76.4 cm³/mol. The van der Waals surface area contributed by atoms with Gasteiger partial charge in [-0.3, -0.25) is 14.4 Å². The first-order valence-electron chi connectivity index (χ1n) is 7.67. The Balaban J connectivity index is 1.92. The zero-order valence-electron chi connectivity index (χ0n) is 12.7. The van der Waals surface area contributed by atoms with E-state index in [9.17, 15) is 19.5 Å². The first kappa shape index (κ1) is 15.8. The van der Waals surface area contributed by atoms with Gasteiger partial charge in [0.05, 0.1) is 11.8 Å². The lowest BCUT2D eigenvalue weighted by atomic mass is 9.93. The average Bonchev–Trinajstić information content (AvgIpc) is 2.80. The summed E-state index contributed by atoms with van der Waals surface area (Å²) in [4.78, 5) is 36.7. The van der Waals surface area contributed by atoms with Gasteiger partial charge in [0, 0.05) is 26.1 Å². The van der Waals surface area contributed by atoms with Crippen LogP contribution in [0.3, 0.4) is 0 Å². The van der Waals surface area contributed by atoms with Crippen molar-refractivity contribution in [3.63, 3.8) is 0 Å². The van der Waals surface area contributed by atoms with E-state index >= 15 is 0 Å². The molecule has 2 amide bonds. The van der Waals surface area contributed by atoms with Crippen LogP contribution in [0.4, 0.5) is 0 Å². The highest BCUT2D eigenvalue weighted by molar-refractivity contribution is 5.85. The minimum Gasteiger partial charge on any atom is -0.481 e. The highest BCUT2D eigenvalue weighted by atomic mass is 16.4. The Labute approximate surface area is 124 Å². The molecular weight excluding hydrogens is 272 g/mol. The highest BCUT2D eigenvalue weighted by Crippen LogP contribution is 2.37. The van der Waals surface area contributed by atoms with Crippen molar-refractivity contribution in [1.29, 1.82) is 0 Å². The number of rotatable bonds is 3. The number of hydrogen-bond donors (Lipinski definition) is 2. The van der Waals surface area contributed by atoms with Crippen LogP contribution in [0.25, 0.3) is 0 Å². The zero-order valence-corrected chi connectivity index (χ0v) is 12.7. The number of carboxylic acid groups (broad SMARTS) is 1. The van der Waals surface area contributed by atoms with Gasteiger partial charge < -0.3 is 15.3 Å². The second kappa shape index (κ2) is 6.45. The summed E-state index contributed by atoms with van der Waals surface area (Å²) in [6.07, 6.45) is 2.74. The molecule has 1 aliphatic heterocycles. The second-order valence-corrected chi connectivity index (χ2v) is 6.43. The van der Waals surface area contributed by atoms with E-state index in [0.717, 1.165) is 12.8 Å². The minimum atomic E-state index is -0.856. The molecule has 1 saturated carbocycles. The summed E-state index contributed by atoms with van der Waals surface area (Å²) >= 11 is 0. The van der Waals surface area contributed by atoms with Crippen LogP contribution in [0.2, 0.25) is 0 Å². The van der Waals surface area contributed by atoms with E-state index in [0.29, 0.717) is 25.9 Å². The lowest BCUT2D eigenvalue weighted by molar-refractivity contribution is -0.149. The normalized spacial score (nSPS) is 30.2. The third-order valence-corrected chi connectivity index (χ3v) is 4.65. The summed E-state index contributed by atoms with van der Waals surface area (Å²) in [6, 6.07) is 0.129. The topological polar surface area (TPSA) is 86.7 Å². The molecule has 0 radical (unpaired) electrons. The van der Waals surface area contributed by atoms with Crippen LogP contribution in [0.5, 0.6) is 0 Å². The Hall–Kier alpha value is -1.59. The van der Waals surface area contributed by atoms with Gasteiger partial charge in [-0.2, -0.15) is 0 Å². The maximum atomic E-state index is 12.6. The third kappa shape index (κ3) is 3.74. The molecule has 1 heterocycles. The Kier molecular flexibility index (Phi) is 4.85. The molecule has 2 N–H and O–H groups in total. The maximum absolute atomic E-state index is 12.6. The lowest BCUT2D eigenvalue weighted by Gasteiger charge is -2.34. The lowest BCUT2D eigenvalue weighted by Crippen LogP contribution is -2.48. The maximum Gasteiger partial charge on any atom is 0.307 e. The molecule has 0 aromatic rings. The summed E-state index contributed by atoms with van der Waals surface area (Å²) in [5.41, 5.74) is 0. The Morgan fingerprint density at radius 2 is 1.67 bits per heavy atom. The van der Waals surface area contributed by atoms with Gasteiger partial charge >= 0.3 is 5.97 Å². The molecule has 0 aromatic heterocycles. The largest absolute Gasteiger partial charge is 0.481 e. The van der Waals surface area contributed by atoms with E-state index in [4.69, 9.17) is 0 Å². The van der Waals surface area contributed by atoms with E-state index in [1.165, 1.54) is 6.92 Å². The van der Waals surface area contributed by atoms with Crippen molar-refractivity contribution in [1.82, 2.24) is 10.2 Å². The van der Waals surface area contributed by atoms with Crippen molar-refractivity contribution in [3.05, 3.63) is 0 Å². The van der Waals surface area contributed by atoms with Gasteiger partial charge in [0.2, 0.25) is 11.8 Å². The molecule has 2 aliphatic rings. The van der Waals surface area contributed by atoms with Gasteiger partial charge in [-0.1, -0.05) is 6.92 Å². The van der Waals surface area contributed by atoms with Gasteiger partial charge in [-0.15, -0.1) is 0 Å². The minimum absolute atomic E-state index is 0.0203. The van der Waals surface area contributed by atoms with Crippen molar-refractivity contribution >= 4 is 17.8 Å². The highest BCUT2D eigenvalue weighted by Gasteiger charge is 2.43. The van der Waals surface area contributed by atoms with Crippen molar-refractivity contribution in [2.45, 2.75) is 45.6 Å². The monoisotopic (exact) mass is 296 g/mol. The van der Waals surface area contributed by atoms with Crippen LogP contribution in [0, 0.1) is 17.8 Å². The summed E-state index contributed by atoms with van der Waals surface area (Å²) in [7, 11) is 0. The van der Waals surface area contributed by atoms with E-state index in [1.807, 2.05) is 6.92 Å². The smallest absolute Gasteiger partial charge is 0.307 e. The molecule has 0 aromatic carbocycles. The first-order chi connectivity index (χ1) is 9.88. The molecule has 21 heavy (non-hydrogen) atoms. The summed E-state index contributed by atoms with van der Waals surface area (Å²) in [6.45, 7) is 4.70. The number of piperidine rings is 1. The Morgan fingerprint density at radius 3 is 2.19 bits per heavy atom. The Morgan fingerprint density at radius 1 is 1.10 bits per heavy atom. The van der Waals surface area contributed by atoms with Crippen molar-refractivity contribution in [2.24, 2.45) is 17.8 Å². The van der Waals surface area contributed by atoms with Gasteiger partial charge in [-0.25, -0.2) is 0 Å². The SMILES string of the molecule is CC(=O)NC1CCN(C(=O)[C@H]2CC(C)C[C@H]2C(=O)O)CC1. The van der Waals surface area contributed by atoms with Crippen LogP contribution in [0.1, 0.15) is 39.5 Å². The Bertz CT molecular complexity index is 429. The van der Waals surface area contributed by atoms with Crippen LogP contribution in [-0.2, 0) is 14.4 Å². The van der Waals surface area contributed by atoms with E-state index < -0.39 is 11.9 Å². The number of hydrogen-bond acceptors (Lipinski definition) is 3. The van der Waals surface area contributed by atoms with Crippen LogP contribution < -0.4 is 5.32 Å². The summed E-state index contributed by atoms with van der Waals surface area (Å²) in [5.74, 6) is -1.55. The number of nitrogens with zero attached hydrogens (tertiary/aromatic N) is 1. The first-order valence-corrected chi connectivity index (χ1v) is 7.67. The summed E-state index contributed by atoms with van der Waals surface area (Å²) < 4.78 is 0. The average molecular weight is 296 g/mol. The van der Waals surface area contributed by atoms with Crippen molar-refractivity contribution < 1.29 is 19.5 Å². The molecule has 1 aliphatic carbocycles. The van der Waals surface area contributed by atoms with E-state index in [1.54, 1.807) is 4.90 Å². The molecule has 118 valence electrons. The van der Waals surface area contributed by atoms with Crippen molar-refractivity contribution in [2.75, 3.05) is 13.1 Å². The zero-order chi connectivity index (χ0) is 15.6. The number of carbonyl (C=O) groups excluding carboxylic acids is 2. The molecule has 3 atom stereocenters. The standard InChI is InChI=1S/C15H24N2O4/c1-9-7-12(13(8-9)15(20)21)14(19)17-5-3-11(4-6-17)16-10(2)18/h9,11-13H,3-8H2,1-2H3,(H,16,18)(H,20,21)/t9?,12-,13+/m0/s1. The molecule has 2 fully saturated rings. The number of carboxylic acids is 1. The van der Waals surface area contributed by atoms with Gasteiger partial charge in [-0.05, 0) is 31.6 Å². The molecule has 0 bridgehead atoms.